The number of amides is 2. The van der Waals surface area contributed by atoms with E-state index in [0.717, 1.165) is 17.0 Å². The van der Waals surface area contributed by atoms with Gasteiger partial charge in [0.15, 0.2) is 0 Å². The minimum Gasteiger partial charge on any atom is -0.274 e. The first kappa shape index (κ1) is 13.6. The van der Waals surface area contributed by atoms with Crippen LogP contribution in [0.25, 0.3) is 0 Å². The Bertz CT molecular complexity index is 671. The third-order valence-corrected chi connectivity index (χ3v) is 3.77. The number of primary sulfonamides is 1. The Labute approximate surface area is 109 Å². The lowest BCUT2D eigenvalue weighted by atomic mass is 10.1. The van der Waals surface area contributed by atoms with Crippen molar-refractivity contribution in [3.05, 3.63) is 24.0 Å². The Morgan fingerprint density at radius 3 is 2.42 bits per heavy atom. The molecule has 2 N–H and O–H groups in total. The number of nitrogens with two attached hydrogens (primary N) is 1. The molecule has 1 fully saturated rings. The average Bonchev–Trinajstić information content (AvgIpc) is 2.53. The van der Waals surface area contributed by atoms with Crippen molar-refractivity contribution in [2.45, 2.75) is 18.2 Å². The summed E-state index contributed by atoms with van der Waals surface area (Å²) in [5.41, 5.74) is -0.258. The van der Waals surface area contributed by atoms with Crippen LogP contribution >= 0.6 is 0 Å². The second-order valence-corrected chi connectivity index (χ2v) is 5.89. The van der Waals surface area contributed by atoms with Crippen molar-refractivity contribution in [2.75, 3.05) is 4.90 Å². The third kappa shape index (κ3) is 2.36. The number of hydrogen-bond donors (Lipinski definition) is 1. The fraction of sp³-hybridized carbons (Fsp3) is 0.273. The van der Waals surface area contributed by atoms with Crippen LogP contribution in [0, 0.1) is 11.7 Å². The van der Waals surface area contributed by atoms with Gasteiger partial charge in [-0.1, -0.05) is 6.92 Å². The Morgan fingerprint density at radius 1 is 1.37 bits per heavy atom. The van der Waals surface area contributed by atoms with Gasteiger partial charge in [0.05, 0.1) is 10.6 Å². The standard InChI is InChI=1S/C11H11FN2O4S/c1-6-4-10(15)14(11(6)16)9-3-2-7(5-8(9)12)19(13,17)18/h2-3,5-6H,4H2,1H3,(H2,13,17,18)/t6-/m0/s1. The highest BCUT2D eigenvalue weighted by atomic mass is 32.2. The molecule has 1 saturated heterocycles. The number of nitrogens with zero attached hydrogens (tertiary/aromatic N) is 1. The maximum Gasteiger partial charge on any atom is 0.238 e. The van der Waals surface area contributed by atoms with Gasteiger partial charge in [0.2, 0.25) is 21.8 Å². The maximum absolute atomic E-state index is 13.8. The molecule has 0 radical (unpaired) electrons. The van der Waals surface area contributed by atoms with E-state index in [2.05, 4.69) is 0 Å². The van der Waals surface area contributed by atoms with E-state index in [-0.39, 0.29) is 12.1 Å². The van der Waals surface area contributed by atoms with E-state index in [1.54, 1.807) is 6.92 Å². The molecular formula is C11H11FN2O4S. The molecule has 1 aliphatic rings. The molecule has 8 heteroatoms. The van der Waals surface area contributed by atoms with E-state index < -0.39 is 38.5 Å². The molecular weight excluding hydrogens is 275 g/mol. The fourth-order valence-corrected chi connectivity index (χ4v) is 2.41. The molecule has 2 amide bonds. The molecule has 1 atom stereocenters. The van der Waals surface area contributed by atoms with Crippen LogP contribution in [-0.2, 0) is 19.6 Å². The topological polar surface area (TPSA) is 97.5 Å². The summed E-state index contributed by atoms with van der Waals surface area (Å²) in [6, 6.07) is 2.80. The number of benzene rings is 1. The van der Waals surface area contributed by atoms with Crippen molar-refractivity contribution in [3.63, 3.8) is 0 Å². The van der Waals surface area contributed by atoms with Gasteiger partial charge in [-0.3, -0.25) is 9.59 Å². The predicted molar refractivity (Wildman–Crippen MR) is 64.0 cm³/mol. The zero-order valence-corrected chi connectivity index (χ0v) is 10.8. The Hall–Kier alpha value is -1.80. The molecule has 0 aliphatic carbocycles. The number of carbonyl (C=O) groups excluding carboxylic acids is 2. The van der Waals surface area contributed by atoms with E-state index >= 15 is 0 Å². The van der Waals surface area contributed by atoms with Gasteiger partial charge in [-0.05, 0) is 18.2 Å². The molecule has 6 nitrogen and oxygen atoms in total. The average molecular weight is 286 g/mol. The molecule has 0 unspecified atom stereocenters. The summed E-state index contributed by atoms with van der Waals surface area (Å²) >= 11 is 0. The van der Waals surface area contributed by atoms with Crippen LogP contribution in [0.5, 0.6) is 0 Å². The highest BCUT2D eigenvalue weighted by molar-refractivity contribution is 7.89. The van der Waals surface area contributed by atoms with E-state index in [1.807, 2.05) is 0 Å². The third-order valence-electron chi connectivity index (χ3n) is 2.86. The summed E-state index contributed by atoms with van der Waals surface area (Å²) in [4.78, 5) is 23.7. The van der Waals surface area contributed by atoms with Gasteiger partial charge in [-0.25, -0.2) is 22.8 Å². The van der Waals surface area contributed by atoms with Crippen LogP contribution in [0.2, 0.25) is 0 Å². The summed E-state index contributed by atoms with van der Waals surface area (Å²) in [6.07, 6.45) is 0.00914. The molecule has 102 valence electrons. The molecule has 2 rings (SSSR count). The predicted octanol–water partition coefficient (Wildman–Crippen LogP) is 0.372. The lowest BCUT2D eigenvalue weighted by Gasteiger charge is -2.15. The quantitative estimate of drug-likeness (QED) is 0.794. The van der Waals surface area contributed by atoms with Crippen molar-refractivity contribution in [3.8, 4) is 0 Å². The van der Waals surface area contributed by atoms with Crippen LogP contribution in [0.3, 0.4) is 0 Å². The van der Waals surface area contributed by atoms with E-state index in [9.17, 15) is 22.4 Å². The van der Waals surface area contributed by atoms with Crippen molar-refractivity contribution >= 4 is 27.5 Å². The van der Waals surface area contributed by atoms with Gasteiger partial charge in [-0.2, -0.15) is 0 Å². The molecule has 0 bridgehead atoms. The van der Waals surface area contributed by atoms with Crippen molar-refractivity contribution in [2.24, 2.45) is 11.1 Å². The molecule has 1 aliphatic heterocycles. The first-order valence-corrected chi connectivity index (χ1v) is 6.95. The zero-order valence-electron chi connectivity index (χ0n) is 9.96. The number of anilines is 1. The second kappa shape index (κ2) is 4.39. The molecule has 19 heavy (non-hydrogen) atoms. The Morgan fingerprint density at radius 2 is 2.00 bits per heavy atom. The minimum absolute atomic E-state index is 0.00914. The van der Waals surface area contributed by atoms with Gasteiger partial charge < -0.3 is 0 Å². The van der Waals surface area contributed by atoms with Gasteiger partial charge in [0.1, 0.15) is 5.82 Å². The summed E-state index contributed by atoms with van der Waals surface area (Å²) in [6.45, 7) is 1.57. The van der Waals surface area contributed by atoms with Crippen molar-refractivity contribution in [1.29, 1.82) is 0 Å². The second-order valence-electron chi connectivity index (χ2n) is 4.33. The number of hydrogen-bond acceptors (Lipinski definition) is 4. The molecule has 0 spiro atoms. The van der Waals surface area contributed by atoms with Gasteiger partial charge in [0, 0.05) is 12.3 Å². The Kier molecular flexibility index (Phi) is 3.15. The molecule has 1 heterocycles. The summed E-state index contributed by atoms with van der Waals surface area (Å²) in [5.74, 6) is -2.51. The number of halogens is 1. The monoisotopic (exact) mass is 286 g/mol. The van der Waals surface area contributed by atoms with E-state index in [4.69, 9.17) is 5.14 Å². The van der Waals surface area contributed by atoms with Gasteiger partial charge in [0.25, 0.3) is 0 Å². The zero-order chi connectivity index (χ0) is 14.4. The van der Waals surface area contributed by atoms with Crippen molar-refractivity contribution < 1.29 is 22.4 Å². The lowest BCUT2D eigenvalue weighted by molar-refractivity contribution is -0.122. The highest BCUT2D eigenvalue weighted by Gasteiger charge is 2.38. The summed E-state index contributed by atoms with van der Waals surface area (Å²) < 4.78 is 36.0. The first-order valence-electron chi connectivity index (χ1n) is 5.41. The minimum atomic E-state index is -4.03. The van der Waals surface area contributed by atoms with Gasteiger partial charge >= 0.3 is 0 Å². The summed E-state index contributed by atoms with van der Waals surface area (Å²) in [5, 5.41) is 4.86. The lowest BCUT2D eigenvalue weighted by Crippen LogP contribution is -2.31. The maximum atomic E-state index is 13.8. The fourth-order valence-electron chi connectivity index (χ4n) is 1.88. The number of carbonyl (C=O) groups is 2. The summed E-state index contributed by atoms with van der Waals surface area (Å²) in [7, 11) is -4.03. The van der Waals surface area contributed by atoms with Crippen LogP contribution in [-0.4, -0.2) is 20.2 Å². The van der Waals surface area contributed by atoms with Crippen LogP contribution in [0.1, 0.15) is 13.3 Å². The first-order chi connectivity index (χ1) is 8.71. The van der Waals surface area contributed by atoms with Gasteiger partial charge in [-0.15, -0.1) is 0 Å². The number of sulfonamides is 1. The molecule has 0 aromatic heterocycles. The number of rotatable bonds is 2. The van der Waals surface area contributed by atoms with Crippen LogP contribution in [0.4, 0.5) is 10.1 Å². The molecule has 1 aromatic carbocycles. The SMILES string of the molecule is C[C@H]1CC(=O)N(c2ccc(S(N)(=O)=O)cc2F)C1=O. The highest BCUT2D eigenvalue weighted by Crippen LogP contribution is 2.29. The Balaban J connectivity index is 2.48. The molecule has 0 saturated carbocycles. The van der Waals surface area contributed by atoms with Crippen LogP contribution in [0.15, 0.2) is 23.1 Å². The number of imide groups is 1. The van der Waals surface area contributed by atoms with E-state index in [0.29, 0.717) is 6.07 Å². The largest absolute Gasteiger partial charge is 0.274 e. The molecule has 1 aromatic rings. The normalized spacial score (nSPS) is 20.2. The van der Waals surface area contributed by atoms with Crippen molar-refractivity contribution in [1.82, 2.24) is 0 Å². The smallest absolute Gasteiger partial charge is 0.238 e. The van der Waals surface area contributed by atoms with E-state index in [1.165, 1.54) is 0 Å². The van der Waals surface area contributed by atoms with Crippen LogP contribution < -0.4 is 10.0 Å².